The molecule has 2 aromatic carbocycles. The standard InChI is InChI=1S/C16H14F2N2O/c1-11(14-6-3-7-15(17)16(14)18)20-12-4-2-5-13(10-12)21-9-8-19/h2-7,10-11,20H,9H2,1H3. The van der Waals surface area contributed by atoms with Crippen LogP contribution in [-0.4, -0.2) is 6.61 Å². The van der Waals surface area contributed by atoms with Crippen molar-refractivity contribution in [2.24, 2.45) is 0 Å². The molecule has 2 aromatic rings. The number of ether oxygens (including phenoxy) is 1. The smallest absolute Gasteiger partial charge is 0.174 e. The minimum Gasteiger partial charge on any atom is -0.479 e. The number of halogens is 2. The van der Waals surface area contributed by atoms with Gasteiger partial charge in [-0.05, 0) is 25.1 Å². The van der Waals surface area contributed by atoms with Crippen molar-refractivity contribution in [2.75, 3.05) is 11.9 Å². The van der Waals surface area contributed by atoms with E-state index >= 15 is 0 Å². The van der Waals surface area contributed by atoms with Crippen LogP contribution in [0.5, 0.6) is 5.75 Å². The van der Waals surface area contributed by atoms with Crippen molar-refractivity contribution in [3.8, 4) is 11.8 Å². The van der Waals surface area contributed by atoms with Crippen molar-refractivity contribution >= 4 is 5.69 Å². The molecule has 1 N–H and O–H groups in total. The molecule has 0 fully saturated rings. The van der Waals surface area contributed by atoms with E-state index < -0.39 is 17.7 Å². The maximum Gasteiger partial charge on any atom is 0.174 e. The summed E-state index contributed by atoms with van der Waals surface area (Å²) in [6.45, 7) is 1.69. The minimum absolute atomic E-state index is 0.0441. The Morgan fingerprint density at radius 3 is 2.76 bits per heavy atom. The van der Waals surface area contributed by atoms with Crippen LogP contribution in [0.1, 0.15) is 18.5 Å². The first-order valence-corrected chi connectivity index (χ1v) is 6.42. The minimum atomic E-state index is -0.868. The van der Waals surface area contributed by atoms with Crippen molar-refractivity contribution in [1.29, 1.82) is 5.26 Å². The van der Waals surface area contributed by atoms with Crippen molar-refractivity contribution in [3.05, 3.63) is 59.7 Å². The number of hydrogen-bond donors (Lipinski definition) is 1. The molecule has 0 heterocycles. The Kier molecular flexibility index (Phi) is 4.72. The predicted octanol–water partition coefficient (Wildman–Crippen LogP) is 4.04. The Morgan fingerprint density at radius 1 is 1.24 bits per heavy atom. The van der Waals surface area contributed by atoms with Crippen LogP contribution in [0.25, 0.3) is 0 Å². The van der Waals surface area contributed by atoms with Gasteiger partial charge in [0.2, 0.25) is 0 Å². The van der Waals surface area contributed by atoms with Gasteiger partial charge in [0.15, 0.2) is 18.2 Å². The second kappa shape index (κ2) is 6.71. The largest absolute Gasteiger partial charge is 0.479 e. The highest BCUT2D eigenvalue weighted by atomic mass is 19.2. The van der Waals surface area contributed by atoms with Gasteiger partial charge in [-0.25, -0.2) is 8.78 Å². The monoisotopic (exact) mass is 288 g/mol. The number of nitrogens with zero attached hydrogens (tertiary/aromatic N) is 1. The Bertz CT molecular complexity index is 668. The van der Waals surface area contributed by atoms with Crippen molar-refractivity contribution in [1.82, 2.24) is 0 Å². The van der Waals surface area contributed by atoms with Crippen LogP contribution in [0.3, 0.4) is 0 Å². The first kappa shape index (κ1) is 14.8. The van der Waals surface area contributed by atoms with Gasteiger partial charge < -0.3 is 10.1 Å². The summed E-state index contributed by atoms with van der Waals surface area (Å²) in [5.41, 5.74) is 0.944. The molecule has 0 aliphatic heterocycles. The SMILES string of the molecule is CC(Nc1cccc(OCC#N)c1)c1cccc(F)c1F. The van der Waals surface area contributed by atoms with Gasteiger partial charge >= 0.3 is 0 Å². The first-order chi connectivity index (χ1) is 10.1. The molecule has 5 heteroatoms. The fourth-order valence-electron chi connectivity index (χ4n) is 1.97. The maximum absolute atomic E-state index is 13.7. The van der Waals surface area contributed by atoms with Gasteiger partial charge in [0.25, 0.3) is 0 Å². The fourth-order valence-corrected chi connectivity index (χ4v) is 1.97. The fraction of sp³-hybridized carbons (Fsp3) is 0.188. The van der Waals surface area contributed by atoms with Gasteiger partial charge in [-0.2, -0.15) is 5.26 Å². The molecule has 0 amide bonds. The second-order valence-electron chi connectivity index (χ2n) is 4.48. The van der Waals surface area contributed by atoms with E-state index in [0.717, 1.165) is 6.07 Å². The van der Waals surface area contributed by atoms with Crippen molar-refractivity contribution in [3.63, 3.8) is 0 Å². The van der Waals surface area contributed by atoms with E-state index in [1.165, 1.54) is 12.1 Å². The van der Waals surface area contributed by atoms with Crippen LogP contribution in [0, 0.1) is 23.0 Å². The van der Waals surface area contributed by atoms with Crippen LogP contribution in [-0.2, 0) is 0 Å². The van der Waals surface area contributed by atoms with Crippen LogP contribution in [0.4, 0.5) is 14.5 Å². The van der Waals surface area contributed by atoms with Crippen molar-refractivity contribution in [2.45, 2.75) is 13.0 Å². The lowest BCUT2D eigenvalue weighted by atomic mass is 10.1. The van der Waals surface area contributed by atoms with Gasteiger partial charge in [0.1, 0.15) is 11.8 Å². The summed E-state index contributed by atoms with van der Waals surface area (Å²) in [4.78, 5) is 0. The third-order valence-electron chi connectivity index (χ3n) is 2.97. The molecule has 1 atom stereocenters. The Morgan fingerprint density at radius 2 is 2.00 bits per heavy atom. The lowest BCUT2D eigenvalue weighted by Gasteiger charge is -2.17. The molecule has 0 aromatic heterocycles. The van der Waals surface area contributed by atoms with E-state index in [4.69, 9.17) is 10.00 Å². The summed E-state index contributed by atoms with van der Waals surface area (Å²) in [6, 6.07) is 12.5. The zero-order valence-corrected chi connectivity index (χ0v) is 11.4. The zero-order valence-electron chi connectivity index (χ0n) is 11.4. The topological polar surface area (TPSA) is 45.0 Å². The molecular formula is C16H14F2N2O. The molecule has 21 heavy (non-hydrogen) atoms. The van der Waals surface area contributed by atoms with Gasteiger partial charge in [-0.15, -0.1) is 0 Å². The predicted molar refractivity (Wildman–Crippen MR) is 75.9 cm³/mol. The van der Waals surface area contributed by atoms with E-state index in [0.29, 0.717) is 11.4 Å². The lowest BCUT2D eigenvalue weighted by molar-refractivity contribution is 0.368. The zero-order chi connectivity index (χ0) is 15.2. The van der Waals surface area contributed by atoms with E-state index in [1.807, 2.05) is 6.07 Å². The maximum atomic E-state index is 13.7. The molecule has 0 aliphatic carbocycles. The van der Waals surface area contributed by atoms with E-state index in [2.05, 4.69) is 5.32 Å². The number of rotatable bonds is 5. The summed E-state index contributed by atoms with van der Waals surface area (Å²) in [6.07, 6.45) is 0. The second-order valence-corrected chi connectivity index (χ2v) is 4.48. The summed E-state index contributed by atoms with van der Waals surface area (Å²) in [7, 11) is 0. The first-order valence-electron chi connectivity index (χ1n) is 6.42. The van der Waals surface area contributed by atoms with Crippen molar-refractivity contribution < 1.29 is 13.5 Å². The van der Waals surface area contributed by atoms with Crippen LogP contribution in [0.15, 0.2) is 42.5 Å². The van der Waals surface area contributed by atoms with Gasteiger partial charge in [-0.3, -0.25) is 0 Å². The highest BCUT2D eigenvalue weighted by Gasteiger charge is 2.14. The molecule has 2 rings (SSSR count). The van der Waals surface area contributed by atoms with Gasteiger partial charge in [0, 0.05) is 17.3 Å². The number of hydrogen-bond acceptors (Lipinski definition) is 3. The molecule has 108 valence electrons. The van der Waals surface area contributed by atoms with Gasteiger partial charge in [-0.1, -0.05) is 18.2 Å². The quantitative estimate of drug-likeness (QED) is 0.903. The number of anilines is 1. The molecule has 0 bridgehead atoms. The van der Waals surface area contributed by atoms with E-state index in [9.17, 15) is 8.78 Å². The van der Waals surface area contributed by atoms with E-state index in [1.54, 1.807) is 31.2 Å². The Balaban J connectivity index is 2.14. The highest BCUT2D eigenvalue weighted by Crippen LogP contribution is 2.25. The summed E-state index contributed by atoms with van der Waals surface area (Å²) < 4.78 is 32.1. The number of benzene rings is 2. The summed E-state index contributed by atoms with van der Waals surface area (Å²) >= 11 is 0. The number of nitriles is 1. The lowest BCUT2D eigenvalue weighted by Crippen LogP contribution is -2.09. The van der Waals surface area contributed by atoms with Crippen LogP contribution < -0.4 is 10.1 Å². The summed E-state index contributed by atoms with van der Waals surface area (Å²) in [5, 5.41) is 11.6. The average Bonchev–Trinajstić information content (AvgIpc) is 2.48. The normalized spacial score (nSPS) is 11.5. The molecular weight excluding hydrogens is 274 g/mol. The molecule has 0 aliphatic rings. The third kappa shape index (κ3) is 3.69. The Hall–Kier alpha value is -2.61. The van der Waals surface area contributed by atoms with E-state index in [-0.39, 0.29) is 12.2 Å². The van der Waals surface area contributed by atoms with Crippen LogP contribution >= 0.6 is 0 Å². The molecule has 0 spiro atoms. The number of nitrogens with one attached hydrogen (secondary N) is 1. The molecule has 3 nitrogen and oxygen atoms in total. The molecule has 0 saturated heterocycles. The molecule has 0 radical (unpaired) electrons. The molecule has 1 unspecified atom stereocenters. The third-order valence-corrected chi connectivity index (χ3v) is 2.97. The summed E-state index contributed by atoms with van der Waals surface area (Å²) in [5.74, 6) is -1.19. The van der Waals surface area contributed by atoms with Gasteiger partial charge in [0.05, 0.1) is 6.04 Å². The highest BCUT2D eigenvalue weighted by molar-refractivity contribution is 5.50. The Labute approximate surface area is 121 Å². The van der Waals surface area contributed by atoms with Crippen LogP contribution in [0.2, 0.25) is 0 Å². The molecule has 0 saturated carbocycles. The average molecular weight is 288 g/mol.